The maximum Gasteiger partial charge on any atom is 0.358 e. The van der Waals surface area contributed by atoms with Gasteiger partial charge < -0.3 is 9.84 Å². The molecule has 0 spiro atoms. The van der Waals surface area contributed by atoms with E-state index in [1.165, 1.54) is 10.9 Å². The Bertz CT molecular complexity index is 311. The number of hydrogen-bond acceptors (Lipinski definition) is 4. The van der Waals surface area contributed by atoms with Gasteiger partial charge in [0.25, 0.3) is 0 Å². The molecule has 0 saturated heterocycles. The fraction of sp³-hybridized carbons (Fsp3) is 0.625. The summed E-state index contributed by atoms with van der Waals surface area (Å²) in [6, 6.07) is 0.0931. The summed E-state index contributed by atoms with van der Waals surface area (Å²) >= 11 is 0. The summed E-state index contributed by atoms with van der Waals surface area (Å²) in [5, 5.41) is 15.9. The van der Waals surface area contributed by atoms with Crippen LogP contribution in [0.3, 0.4) is 0 Å². The number of aromatic carboxylic acids is 1. The Morgan fingerprint density at radius 2 is 2.50 bits per heavy atom. The molecule has 0 aliphatic rings. The first-order valence-electron chi connectivity index (χ1n) is 4.29. The lowest BCUT2D eigenvalue weighted by atomic mass is 10.2. The molecule has 0 aliphatic carbocycles. The van der Waals surface area contributed by atoms with Gasteiger partial charge in [-0.3, -0.25) is 0 Å². The van der Waals surface area contributed by atoms with E-state index in [9.17, 15) is 4.79 Å². The highest BCUT2D eigenvalue weighted by molar-refractivity contribution is 5.84. The van der Waals surface area contributed by atoms with Gasteiger partial charge >= 0.3 is 5.97 Å². The van der Waals surface area contributed by atoms with Gasteiger partial charge in [-0.1, -0.05) is 5.21 Å². The van der Waals surface area contributed by atoms with E-state index in [2.05, 4.69) is 10.3 Å². The zero-order valence-corrected chi connectivity index (χ0v) is 8.17. The van der Waals surface area contributed by atoms with E-state index < -0.39 is 5.97 Å². The molecule has 1 unspecified atom stereocenters. The number of carboxylic acid groups (broad SMARTS) is 1. The van der Waals surface area contributed by atoms with Crippen LogP contribution < -0.4 is 0 Å². The molecule has 6 nitrogen and oxygen atoms in total. The highest BCUT2D eigenvalue weighted by Crippen LogP contribution is 2.08. The molecule has 1 aromatic rings. The van der Waals surface area contributed by atoms with Gasteiger partial charge in [-0.15, -0.1) is 5.10 Å². The second-order valence-electron chi connectivity index (χ2n) is 3.02. The number of carbonyl (C=O) groups is 1. The molecule has 0 bridgehead atoms. The summed E-state index contributed by atoms with van der Waals surface area (Å²) in [5.74, 6) is -1.06. The normalized spacial score (nSPS) is 12.7. The number of rotatable bonds is 5. The lowest BCUT2D eigenvalue weighted by molar-refractivity contribution is 0.0690. The molecule has 0 amide bonds. The quantitative estimate of drug-likeness (QED) is 0.750. The molecular weight excluding hydrogens is 186 g/mol. The van der Waals surface area contributed by atoms with Crippen molar-refractivity contribution in [1.82, 2.24) is 15.0 Å². The maximum atomic E-state index is 10.5. The first kappa shape index (κ1) is 10.6. The van der Waals surface area contributed by atoms with Gasteiger partial charge in [0, 0.05) is 13.7 Å². The van der Waals surface area contributed by atoms with E-state index in [4.69, 9.17) is 9.84 Å². The molecule has 1 N–H and O–H groups in total. The third-order valence-corrected chi connectivity index (χ3v) is 1.92. The summed E-state index contributed by atoms with van der Waals surface area (Å²) in [6.07, 6.45) is 2.20. The average Bonchev–Trinajstić information content (AvgIpc) is 2.62. The third-order valence-electron chi connectivity index (χ3n) is 1.92. The fourth-order valence-corrected chi connectivity index (χ4v) is 1.01. The van der Waals surface area contributed by atoms with Gasteiger partial charge in [0.1, 0.15) is 0 Å². The lowest BCUT2D eigenvalue weighted by Gasteiger charge is -2.09. The Kier molecular flexibility index (Phi) is 3.58. The van der Waals surface area contributed by atoms with Crippen molar-refractivity contribution in [2.24, 2.45) is 0 Å². The van der Waals surface area contributed by atoms with Gasteiger partial charge in [-0.05, 0) is 13.3 Å². The molecule has 1 atom stereocenters. The SMILES string of the molecule is COCCC(C)n1cc(C(=O)O)nn1. The van der Waals surface area contributed by atoms with Crippen LogP contribution in [-0.4, -0.2) is 39.8 Å². The maximum absolute atomic E-state index is 10.5. The van der Waals surface area contributed by atoms with Crippen LogP contribution in [0.25, 0.3) is 0 Å². The molecule has 1 heterocycles. The highest BCUT2D eigenvalue weighted by Gasteiger charge is 2.11. The van der Waals surface area contributed by atoms with E-state index >= 15 is 0 Å². The van der Waals surface area contributed by atoms with Gasteiger partial charge in [-0.2, -0.15) is 0 Å². The second kappa shape index (κ2) is 4.71. The molecule has 0 aromatic carbocycles. The van der Waals surface area contributed by atoms with Crippen molar-refractivity contribution in [3.8, 4) is 0 Å². The molecule has 0 fully saturated rings. The van der Waals surface area contributed by atoms with Crippen LogP contribution in [0.2, 0.25) is 0 Å². The van der Waals surface area contributed by atoms with Crippen molar-refractivity contribution in [2.45, 2.75) is 19.4 Å². The topological polar surface area (TPSA) is 77.2 Å². The third kappa shape index (κ3) is 2.53. The lowest BCUT2D eigenvalue weighted by Crippen LogP contribution is -2.08. The number of methoxy groups -OCH3 is 1. The predicted octanol–water partition coefficient (Wildman–Crippen LogP) is 0.574. The van der Waals surface area contributed by atoms with Crippen LogP contribution in [-0.2, 0) is 4.74 Å². The van der Waals surface area contributed by atoms with Crippen LogP contribution in [0.1, 0.15) is 29.9 Å². The summed E-state index contributed by atoms with van der Waals surface area (Å²) in [4.78, 5) is 10.5. The Morgan fingerprint density at radius 3 is 3.00 bits per heavy atom. The molecule has 0 aliphatic heterocycles. The van der Waals surface area contributed by atoms with Crippen molar-refractivity contribution in [1.29, 1.82) is 0 Å². The predicted molar refractivity (Wildman–Crippen MR) is 48.2 cm³/mol. The Hall–Kier alpha value is -1.43. The summed E-state index contributed by atoms with van der Waals surface area (Å²) in [5.41, 5.74) is -0.0331. The zero-order chi connectivity index (χ0) is 10.6. The van der Waals surface area contributed by atoms with Crippen LogP contribution in [0, 0.1) is 0 Å². The minimum Gasteiger partial charge on any atom is -0.476 e. The molecular formula is C8H13N3O3. The van der Waals surface area contributed by atoms with E-state index in [0.29, 0.717) is 6.61 Å². The van der Waals surface area contributed by atoms with Crippen molar-refractivity contribution in [3.05, 3.63) is 11.9 Å². The first-order chi connectivity index (χ1) is 6.65. The number of aromatic nitrogens is 3. The molecule has 14 heavy (non-hydrogen) atoms. The van der Waals surface area contributed by atoms with E-state index in [-0.39, 0.29) is 11.7 Å². The minimum atomic E-state index is -1.06. The average molecular weight is 199 g/mol. The van der Waals surface area contributed by atoms with Gasteiger partial charge in [0.05, 0.1) is 12.2 Å². The number of nitrogens with zero attached hydrogens (tertiary/aromatic N) is 3. The number of ether oxygens (including phenoxy) is 1. The Labute approximate surface area is 81.5 Å². The van der Waals surface area contributed by atoms with E-state index in [1.54, 1.807) is 7.11 Å². The number of carboxylic acids is 1. The highest BCUT2D eigenvalue weighted by atomic mass is 16.5. The summed E-state index contributed by atoms with van der Waals surface area (Å²) in [6.45, 7) is 2.54. The van der Waals surface area contributed by atoms with Crippen LogP contribution in [0.4, 0.5) is 0 Å². The van der Waals surface area contributed by atoms with Crippen molar-refractivity contribution >= 4 is 5.97 Å². The van der Waals surface area contributed by atoms with Crippen LogP contribution >= 0.6 is 0 Å². The summed E-state index contributed by atoms with van der Waals surface area (Å²) < 4.78 is 6.44. The molecule has 78 valence electrons. The molecule has 0 radical (unpaired) electrons. The minimum absolute atomic E-state index is 0.0331. The van der Waals surface area contributed by atoms with E-state index in [1.807, 2.05) is 6.92 Å². The van der Waals surface area contributed by atoms with Crippen molar-refractivity contribution < 1.29 is 14.6 Å². The standard InChI is InChI=1S/C8H13N3O3/c1-6(3-4-14-2)11-5-7(8(12)13)9-10-11/h5-6H,3-4H2,1-2H3,(H,12,13). The van der Waals surface area contributed by atoms with Crippen LogP contribution in [0.5, 0.6) is 0 Å². The van der Waals surface area contributed by atoms with E-state index in [0.717, 1.165) is 6.42 Å². The molecule has 6 heteroatoms. The second-order valence-corrected chi connectivity index (χ2v) is 3.02. The van der Waals surface area contributed by atoms with Crippen LogP contribution in [0.15, 0.2) is 6.20 Å². The molecule has 0 saturated carbocycles. The first-order valence-corrected chi connectivity index (χ1v) is 4.29. The largest absolute Gasteiger partial charge is 0.476 e. The number of hydrogen-bond donors (Lipinski definition) is 1. The Balaban J connectivity index is 2.61. The van der Waals surface area contributed by atoms with Gasteiger partial charge in [-0.25, -0.2) is 9.48 Å². The Morgan fingerprint density at radius 1 is 1.79 bits per heavy atom. The molecule has 1 rings (SSSR count). The smallest absolute Gasteiger partial charge is 0.358 e. The molecule has 1 aromatic heterocycles. The monoisotopic (exact) mass is 199 g/mol. The van der Waals surface area contributed by atoms with Crippen molar-refractivity contribution in [2.75, 3.05) is 13.7 Å². The van der Waals surface area contributed by atoms with Gasteiger partial charge in [0.2, 0.25) is 0 Å². The fourth-order valence-electron chi connectivity index (χ4n) is 1.01. The van der Waals surface area contributed by atoms with Crippen molar-refractivity contribution in [3.63, 3.8) is 0 Å². The summed E-state index contributed by atoms with van der Waals surface area (Å²) in [7, 11) is 1.62. The van der Waals surface area contributed by atoms with Gasteiger partial charge in [0.15, 0.2) is 5.69 Å². The zero-order valence-electron chi connectivity index (χ0n) is 8.17.